The maximum atomic E-state index is 12.5. The zero-order valence-corrected chi connectivity index (χ0v) is 12.1. The molecule has 20 heavy (non-hydrogen) atoms. The standard InChI is InChI=1S/C16H23N3O/c1-2-19-14(3-4-17-19)16(20)18-15-12-6-10-5-11(8-12)9-13(15)7-10/h3-4,10-13,15H,2,5-9H2,1H3,(H,18,20). The van der Waals surface area contributed by atoms with E-state index in [1.54, 1.807) is 10.9 Å². The molecule has 4 aliphatic carbocycles. The van der Waals surface area contributed by atoms with Crippen molar-refractivity contribution in [3.63, 3.8) is 0 Å². The fourth-order valence-corrected chi connectivity index (χ4v) is 5.16. The number of amides is 1. The fraction of sp³-hybridized carbons (Fsp3) is 0.750. The number of aryl methyl sites for hydroxylation is 1. The first-order valence-corrected chi connectivity index (χ1v) is 8.07. The van der Waals surface area contributed by atoms with Crippen LogP contribution < -0.4 is 5.32 Å². The van der Waals surface area contributed by atoms with E-state index >= 15 is 0 Å². The number of hydrogen-bond acceptors (Lipinski definition) is 2. The lowest BCUT2D eigenvalue weighted by Gasteiger charge is -2.54. The Hall–Kier alpha value is -1.32. The van der Waals surface area contributed by atoms with Crippen molar-refractivity contribution in [1.82, 2.24) is 15.1 Å². The van der Waals surface area contributed by atoms with Gasteiger partial charge in [-0.1, -0.05) is 0 Å². The fourth-order valence-electron chi connectivity index (χ4n) is 5.16. The molecule has 4 fully saturated rings. The van der Waals surface area contributed by atoms with Crippen molar-refractivity contribution in [3.8, 4) is 0 Å². The van der Waals surface area contributed by atoms with E-state index in [2.05, 4.69) is 10.4 Å². The van der Waals surface area contributed by atoms with E-state index in [1.165, 1.54) is 32.1 Å². The minimum absolute atomic E-state index is 0.0711. The molecule has 1 heterocycles. The lowest BCUT2D eigenvalue weighted by atomic mass is 9.54. The van der Waals surface area contributed by atoms with Crippen LogP contribution in [0.5, 0.6) is 0 Å². The van der Waals surface area contributed by atoms with E-state index < -0.39 is 0 Å². The van der Waals surface area contributed by atoms with Gasteiger partial charge in [0, 0.05) is 18.8 Å². The van der Waals surface area contributed by atoms with Crippen LogP contribution in [0.3, 0.4) is 0 Å². The molecule has 5 rings (SSSR count). The highest BCUT2D eigenvalue weighted by atomic mass is 16.2. The molecule has 0 radical (unpaired) electrons. The van der Waals surface area contributed by atoms with Crippen LogP contribution >= 0.6 is 0 Å². The lowest BCUT2D eigenvalue weighted by molar-refractivity contribution is -0.0120. The molecule has 4 nitrogen and oxygen atoms in total. The number of rotatable bonds is 3. The van der Waals surface area contributed by atoms with Crippen LogP contribution in [0.15, 0.2) is 12.3 Å². The molecule has 0 aliphatic heterocycles. The molecule has 1 aromatic heterocycles. The molecule has 4 saturated carbocycles. The first-order valence-electron chi connectivity index (χ1n) is 8.07. The molecule has 0 saturated heterocycles. The van der Waals surface area contributed by atoms with Gasteiger partial charge >= 0.3 is 0 Å². The third-order valence-electron chi connectivity index (χ3n) is 5.77. The van der Waals surface area contributed by atoms with E-state index in [4.69, 9.17) is 0 Å². The summed E-state index contributed by atoms with van der Waals surface area (Å²) in [6.45, 7) is 2.77. The topological polar surface area (TPSA) is 46.9 Å². The Kier molecular flexibility index (Phi) is 2.86. The van der Waals surface area contributed by atoms with Gasteiger partial charge in [0.05, 0.1) is 0 Å². The Morgan fingerprint density at radius 3 is 2.50 bits per heavy atom. The van der Waals surface area contributed by atoms with Crippen molar-refractivity contribution in [3.05, 3.63) is 18.0 Å². The van der Waals surface area contributed by atoms with Crippen molar-refractivity contribution in [2.75, 3.05) is 0 Å². The van der Waals surface area contributed by atoms with Crippen LogP contribution in [0.25, 0.3) is 0 Å². The van der Waals surface area contributed by atoms with Gasteiger partial charge in [0.25, 0.3) is 5.91 Å². The summed E-state index contributed by atoms with van der Waals surface area (Å²) in [6.07, 6.45) is 8.53. The third-order valence-corrected chi connectivity index (χ3v) is 5.77. The number of nitrogens with one attached hydrogen (secondary N) is 1. The molecule has 108 valence electrons. The molecule has 0 unspecified atom stereocenters. The van der Waals surface area contributed by atoms with Crippen LogP contribution in [0.4, 0.5) is 0 Å². The number of aromatic nitrogens is 2. The number of carbonyl (C=O) groups is 1. The van der Waals surface area contributed by atoms with E-state index in [1.807, 2.05) is 13.0 Å². The van der Waals surface area contributed by atoms with E-state index in [0.29, 0.717) is 11.7 Å². The van der Waals surface area contributed by atoms with Gasteiger partial charge in [0.2, 0.25) is 0 Å². The Morgan fingerprint density at radius 2 is 1.90 bits per heavy atom. The molecular formula is C16H23N3O. The monoisotopic (exact) mass is 273 g/mol. The average Bonchev–Trinajstić information content (AvgIpc) is 2.90. The lowest BCUT2D eigenvalue weighted by Crippen LogP contribution is -2.56. The first kappa shape index (κ1) is 12.4. The Balaban J connectivity index is 1.50. The highest BCUT2D eigenvalue weighted by Crippen LogP contribution is 2.53. The number of carbonyl (C=O) groups excluding carboxylic acids is 1. The normalized spacial score (nSPS) is 38.1. The molecule has 1 amide bonds. The van der Waals surface area contributed by atoms with Gasteiger partial charge in [-0.15, -0.1) is 0 Å². The van der Waals surface area contributed by atoms with Gasteiger partial charge in [-0.25, -0.2) is 0 Å². The third kappa shape index (κ3) is 1.88. The van der Waals surface area contributed by atoms with Crippen LogP contribution in [0, 0.1) is 23.7 Å². The summed E-state index contributed by atoms with van der Waals surface area (Å²) in [5, 5.41) is 7.54. The van der Waals surface area contributed by atoms with E-state index in [-0.39, 0.29) is 5.91 Å². The van der Waals surface area contributed by atoms with Crippen molar-refractivity contribution in [2.45, 2.75) is 51.6 Å². The zero-order valence-electron chi connectivity index (χ0n) is 12.1. The van der Waals surface area contributed by atoms with Gasteiger partial charge in [-0.3, -0.25) is 9.48 Å². The summed E-state index contributed by atoms with van der Waals surface area (Å²) in [4.78, 5) is 12.5. The highest BCUT2D eigenvalue weighted by molar-refractivity contribution is 5.92. The largest absolute Gasteiger partial charge is 0.347 e. The van der Waals surface area contributed by atoms with Crippen molar-refractivity contribution in [2.24, 2.45) is 23.7 Å². The molecule has 4 heteroatoms. The Bertz CT molecular complexity index is 494. The molecule has 0 spiro atoms. The van der Waals surface area contributed by atoms with Gasteiger partial charge in [-0.2, -0.15) is 5.10 Å². The van der Waals surface area contributed by atoms with Crippen molar-refractivity contribution >= 4 is 5.91 Å². The first-order chi connectivity index (χ1) is 9.74. The summed E-state index contributed by atoms with van der Waals surface area (Å²) in [6, 6.07) is 2.24. The quantitative estimate of drug-likeness (QED) is 0.919. The summed E-state index contributed by atoms with van der Waals surface area (Å²) >= 11 is 0. The van der Waals surface area contributed by atoms with Crippen LogP contribution in [0.1, 0.15) is 49.5 Å². The predicted octanol–water partition coefficient (Wildman–Crippen LogP) is 2.46. The molecule has 4 aliphatic rings. The molecule has 0 atom stereocenters. The van der Waals surface area contributed by atoms with Crippen LogP contribution in [-0.4, -0.2) is 21.7 Å². The highest BCUT2D eigenvalue weighted by Gasteiger charge is 2.48. The maximum Gasteiger partial charge on any atom is 0.269 e. The molecule has 4 bridgehead atoms. The zero-order chi connectivity index (χ0) is 13.7. The second kappa shape index (κ2) is 4.61. The smallest absolute Gasteiger partial charge is 0.269 e. The Morgan fingerprint density at radius 1 is 1.25 bits per heavy atom. The maximum absolute atomic E-state index is 12.5. The molecular weight excluding hydrogens is 250 g/mol. The SMILES string of the molecule is CCn1nccc1C(=O)NC1C2CC3CC(C2)CC1C3. The summed E-state index contributed by atoms with van der Waals surface area (Å²) in [5.74, 6) is 3.43. The average molecular weight is 273 g/mol. The van der Waals surface area contributed by atoms with E-state index in [9.17, 15) is 4.79 Å². The van der Waals surface area contributed by atoms with Crippen LogP contribution in [-0.2, 0) is 6.54 Å². The second-order valence-electron chi connectivity index (χ2n) is 6.96. The van der Waals surface area contributed by atoms with Crippen molar-refractivity contribution in [1.29, 1.82) is 0 Å². The predicted molar refractivity (Wildman–Crippen MR) is 76.2 cm³/mol. The van der Waals surface area contributed by atoms with E-state index in [0.717, 1.165) is 30.2 Å². The second-order valence-corrected chi connectivity index (χ2v) is 6.96. The summed E-state index contributed by atoms with van der Waals surface area (Å²) in [5.41, 5.74) is 0.710. The molecule has 1 aromatic rings. The minimum Gasteiger partial charge on any atom is -0.347 e. The number of nitrogens with zero attached hydrogens (tertiary/aromatic N) is 2. The molecule has 1 N–H and O–H groups in total. The van der Waals surface area contributed by atoms with Crippen LogP contribution in [0.2, 0.25) is 0 Å². The van der Waals surface area contributed by atoms with Gasteiger partial charge < -0.3 is 5.32 Å². The summed E-state index contributed by atoms with van der Waals surface area (Å²) < 4.78 is 1.78. The van der Waals surface area contributed by atoms with Gasteiger partial charge in [0.15, 0.2) is 0 Å². The van der Waals surface area contributed by atoms with Gasteiger partial charge in [-0.05, 0) is 68.8 Å². The molecule has 0 aromatic carbocycles. The number of hydrogen-bond donors (Lipinski definition) is 1. The van der Waals surface area contributed by atoms with Gasteiger partial charge in [0.1, 0.15) is 5.69 Å². The van der Waals surface area contributed by atoms with Crippen molar-refractivity contribution < 1.29 is 4.79 Å². The minimum atomic E-state index is 0.0711. The Labute approximate surface area is 119 Å². The summed E-state index contributed by atoms with van der Waals surface area (Å²) in [7, 11) is 0.